The highest BCUT2D eigenvalue weighted by Crippen LogP contribution is 2.17. The lowest BCUT2D eigenvalue weighted by atomic mass is 10.2. The second-order valence-corrected chi connectivity index (χ2v) is 5.27. The number of aromatic nitrogens is 3. The van der Waals surface area contributed by atoms with Gasteiger partial charge in [0.1, 0.15) is 5.82 Å². The van der Waals surface area contributed by atoms with Gasteiger partial charge in [0, 0.05) is 18.8 Å². The average Bonchev–Trinajstić information content (AvgIpc) is 2.61. The van der Waals surface area contributed by atoms with Gasteiger partial charge >= 0.3 is 0 Å². The maximum atomic E-state index is 13.3. The predicted molar refractivity (Wildman–Crippen MR) is 92.7 cm³/mol. The van der Waals surface area contributed by atoms with E-state index in [-0.39, 0.29) is 5.82 Å². The Morgan fingerprint density at radius 1 is 1.08 bits per heavy atom. The van der Waals surface area contributed by atoms with Crippen molar-refractivity contribution in [2.75, 3.05) is 16.8 Å². The molecule has 0 radical (unpaired) electrons. The van der Waals surface area contributed by atoms with Crippen LogP contribution in [0.5, 0.6) is 0 Å². The van der Waals surface area contributed by atoms with Crippen LogP contribution in [0.1, 0.15) is 12.5 Å². The second-order valence-electron chi connectivity index (χ2n) is 5.27. The van der Waals surface area contributed by atoms with Gasteiger partial charge in [0.05, 0.1) is 6.20 Å². The van der Waals surface area contributed by atoms with E-state index in [9.17, 15) is 4.39 Å². The fraction of sp³-hybridized carbons (Fsp3) is 0.167. The lowest BCUT2D eigenvalue weighted by molar-refractivity contribution is 0.628. The largest absolute Gasteiger partial charge is 0.351 e. The van der Waals surface area contributed by atoms with Gasteiger partial charge in [-0.2, -0.15) is 10.1 Å². The molecule has 2 aromatic carbocycles. The van der Waals surface area contributed by atoms with Crippen LogP contribution < -0.4 is 10.2 Å². The Morgan fingerprint density at radius 2 is 1.92 bits per heavy atom. The van der Waals surface area contributed by atoms with Crippen molar-refractivity contribution < 1.29 is 4.39 Å². The van der Waals surface area contributed by atoms with Crippen molar-refractivity contribution in [2.45, 2.75) is 13.5 Å². The van der Waals surface area contributed by atoms with E-state index >= 15 is 0 Å². The summed E-state index contributed by atoms with van der Waals surface area (Å²) in [5.41, 5.74) is 1.78. The van der Waals surface area contributed by atoms with Crippen LogP contribution in [0.25, 0.3) is 0 Å². The Labute approximate surface area is 140 Å². The zero-order valence-electron chi connectivity index (χ0n) is 13.4. The summed E-state index contributed by atoms with van der Waals surface area (Å²) in [5.74, 6) is 0.739. The summed E-state index contributed by atoms with van der Waals surface area (Å²) in [5, 5.41) is 10.9. The molecule has 0 bridgehead atoms. The normalized spacial score (nSPS) is 10.4. The molecule has 0 saturated heterocycles. The summed E-state index contributed by atoms with van der Waals surface area (Å²) >= 11 is 0. The molecule has 6 heteroatoms. The zero-order chi connectivity index (χ0) is 16.8. The van der Waals surface area contributed by atoms with Crippen molar-refractivity contribution >= 4 is 17.5 Å². The van der Waals surface area contributed by atoms with Gasteiger partial charge in [0.2, 0.25) is 5.95 Å². The van der Waals surface area contributed by atoms with Gasteiger partial charge in [-0.15, -0.1) is 5.10 Å². The van der Waals surface area contributed by atoms with Crippen LogP contribution in [0.4, 0.5) is 21.8 Å². The smallest absolute Gasteiger partial charge is 0.249 e. The Morgan fingerprint density at radius 3 is 2.67 bits per heavy atom. The van der Waals surface area contributed by atoms with Gasteiger partial charge in [-0.05, 0) is 30.7 Å². The first-order valence-electron chi connectivity index (χ1n) is 7.76. The molecule has 0 aliphatic heterocycles. The van der Waals surface area contributed by atoms with Crippen molar-refractivity contribution in [3.63, 3.8) is 0 Å². The molecule has 0 aliphatic carbocycles. The van der Waals surface area contributed by atoms with Crippen molar-refractivity contribution in [3.05, 3.63) is 72.2 Å². The van der Waals surface area contributed by atoms with E-state index in [4.69, 9.17) is 0 Å². The SMILES string of the molecule is CCN(Cc1ccccc1)c1cnnc(Nc2cccc(F)c2)n1. The number of hydrogen-bond acceptors (Lipinski definition) is 5. The molecule has 0 amide bonds. The molecule has 0 aliphatic rings. The zero-order valence-corrected chi connectivity index (χ0v) is 13.4. The van der Waals surface area contributed by atoms with Crippen molar-refractivity contribution in [1.82, 2.24) is 15.2 Å². The minimum absolute atomic E-state index is 0.316. The van der Waals surface area contributed by atoms with E-state index in [1.807, 2.05) is 18.2 Å². The highest BCUT2D eigenvalue weighted by molar-refractivity contribution is 5.54. The third-order valence-electron chi connectivity index (χ3n) is 3.55. The second kappa shape index (κ2) is 7.50. The maximum Gasteiger partial charge on any atom is 0.249 e. The highest BCUT2D eigenvalue weighted by Gasteiger charge is 2.09. The van der Waals surface area contributed by atoms with Crippen LogP contribution in [-0.4, -0.2) is 21.7 Å². The monoisotopic (exact) mass is 323 g/mol. The molecule has 0 spiro atoms. The average molecular weight is 323 g/mol. The number of hydrogen-bond donors (Lipinski definition) is 1. The molecule has 3 rings (SSSR count). The topological polar surface area (TPSA) is 53.9 Å². The fourth-order valence-corrected chi connectivity index (χ4v) is 2.35. The molecule has 0 atom stereocenters. The number of anilines is 3. The Kier molecular flexibility index (Phi) is 4.96. The molecule has 0 fully saturated rings. The lowest BCUT2D eigenvalue weighted by Gasteiger charge is -2.21. The quantitative estimate of drug-likeness (QED) is 0.748. The number of rotatable bonds is 6. The van der Waals surface area contributed by atoms with Gasteiger partial charge in [-0.25, -0.2) is 4.39 Å². The molecule has 3 aromatic rings. The predicted octanol–water partition coefficient (Wildman–Crippen LogP) is 3.78. The third kappa shape index (κ3) is 4.04. The Bertz CT molecular complexity index is 794. The van der Waals surface area contributed by atoms with E-state index in [1.165, 1.54) is 17.7 Å². The Hall–Kier alpha value is -3.02. The molecular formula is C18H18FN5. The number of benzene rings is 2. The molecular weight excluding hydrogens is 305 g/mol. The molecule has 5 nitrogen and oxygen atoms in total. The van der Waals surface area contributed by atoms with Gasteiger partial charge in [-0.3, -0.25) is 0 Å². The van der Waals surface area contributed by atoms with E-state index in [0.29, 0.717) is 11.6 Å². The van der Waals surface area contributed by atoms with Crippen LogP contribution in [-0.2, 0) is 6.54 Å². The minimum Gasteiger partial charge on any atom is -0.351 e. The van der Waals surface area contributed by atoms with Gasteiger partial charge < -0.3 is 10.2 Å². The third-order valence-corrected chi connectivity index (χ3v) is 3.55. The van der Waals surface area contributed by atoms with E-state index in [1.54, 1.807) is 18.3 Å². The van der Waals surface area contributed by atoms with Crippen LogP contribution in [0.3, 0.4) is 0 Å². The first-order chi connectivity index (χ1) is 11.7. The summed E-state index contributed by atoms with van der Waals surface area (Å²) in [6.45, 7) is 3.58. The van der Waals surface area contributed by atoms with E-state index < -0.39 is 0 Å². The molecule has 1 N–H and O–H groups in total. The number of nitrogens with one attached hydrogen (secondary N) is 1. The first kappa shape index (κ1) is 15.9. The van der Waals surface area contributed by atoms with Crippen molar-refractivity contribution in [3.8, 4) is 0 Å². The molecule has 1 heterocycles. The Balaban J connectivity index is 1.78. The van der Waals surface area contributed by atoms with Gasteiger partial charge in [0.15, 0.2) is 5.82 Å². The van der Waals surface area contributed by atoms with Crippen molar-refractivity contribution in [2.24, 2.45) is 0 Å². The van der Waals surface area contributed by atoms with Gasteiger partial charge in [0.25, 0.3) is 0 Å². The molecule has 0 saturated carbocycles. The van der Waals surface area contributed by atoms with Crippen LogP contribution in [0.15, 0.2) is 60.8 Å². The highest BCUT2D eigenvalue weighted by atomic mass is 19.1. The summed E-state index contributed by atoms with van der Waals surface area (Å²) in [4.78, 5) is 6.58. The summed E-state index contributed by atoms with van der Waals surface area (Å²) in [6, 6.07) is 16.3. The molecule has 122 valence electrons. The minimum atomic E-state index is -0.316. The summed E-state index contributed by atoms with van der Waals surface area (Å²) in [7, 11) is 0. The van der Waals surface area contributed by atoms with Crippen LogP contribution >= 0.6 is 0 Å². The summed E-state index contributed by atoms with van der Waals surface area (Å²) < 4.78 is 13.3. The molecule has 1 aromatic heterocycles. The lowest BCUT2D eigenvalue weighted by Crippen LogP contribution is -2.23. The first-order valence-corrected chi connectivity index (χ1v) is 7.76. The number of nitrogens with zero attached hydrogens (tertiary/aromatic N) is 4. The van der Waals surface area contributed by atoms with Gasteiger partial charge in [-0.1, -0.05) is 36.4 Å². The van der Waals surface area contributed by atoms with Crippen LogP contribution in [0, 0.1) is 5.82 Å². The van der Waals surface area contributed by atoms with E-state index in [2.05, 4.69) is 44.5 Å². The van der Waals surface area contributed by atoms with Crippen molar-refractivity contribution in [1.29, 1.82) is 0 Å². The standard InChI is InChI=1S/C18H18FN5/c1-2-24(13-14-7-4-3-5-8-14)17-12-20-23-18(22-17)21-16-10-6-9-15(19)11-16/h3-12H,2,13H2,1H3,(H,21,22,23). The van der Waals surface area contributed by atoms with E-state index in [0.717, 1.165) is 18.9 Å². The van der Waals surface area contributed by atoms with Crippen LogP contribution in [0.2, 0.25) is 0 Å². The molecule has 24 heavy (non-hydrogen) atoms. The summed E-state index contributed by atoms with van der Waals surface area (Å²) in [6.07, 6.45) is 1.63. The fourth-order valence-electron chi connectivity index (χ4n) is 2.35. The molecule has 0 unspecified atom stereocenters. The maximum absolute atomic E-state index is 13.3. The number of halogens is 1.